The summed E-state index contributed by atoms with van der Waals surface area (Å²) in [5, 5.41) is 9.84. The van der Waals surface area contributed by atoms with Gasteiger partial charge in [0.1, 0.15) is 5.75 Å². The van der Waals surface area contributed by atoms with E-state index in [2.05, 4.69) is 0 Å². The lowest BCUT2D eigenvalue weighted by atomic mass is 9.75. The van der Waals surface area contributed by atoms with E-state index in [1.165, 1.54) is 0 Å². The maximum absolute atomic E-state index is 12.2. The van der Waals surface area contributed by atoms with Crippen molar-refractivity contribution in [1.29, 1.82) is 0 Å². The van der Waals surface area contributed by atoms with Crippen molar-refractivity contribution in [2.45, 2.75) is 44.2 Å². The quantitative estimate of drug-likeness (QED) is 0.874. The number of aromatic hydroxyl groups is 1. The van der Waals surface area contributed by atoms with Crippen LogP contribution in [0, 0.1) is 0 Å². The van der Waals surface area contributed by atoms with Crippen LogP contribution in [0.3, 0.4) is 0 Å². The zero-order valence-electron chi connectivity index (χ0n) is 11.6. The lowest BCUT2D eigenvalue weighted by Gasteiger charge is -2.39. The summed E-state index contributed by atoms with van der Waals surface area (Å²) in [4.78, 5) is 13.9. The van der Waals surface area contributed by atoms with E-state index in [9.17, 15) is 9.90 Å². The number of hydrogen-bond acceptors (Lipinski definition) is 3. The second-order valence-corrected chi connectivity index (χ2v) is 5.63. The smallest absolute Gasteiger partial charge is 0.224 e. The van der Waals surface area contributed by atoms with Crippen LogP contribution in [0.2, 0.25) is 0 Å². The molecule has 1 aromatic carbocycles. The number of para-hydroxylation sites is 1. The lowest BCUT2D eigenvalue weighted by molar-refractivity contribution is -0.133. The molecule has 3 N–H and O–H groups in total. The number of phenolic OH excluding ortho intramolecular Hbond substituents is 1. The van der Waals surface area contributed by atoms with Crippen molar-refractivity contribution >= 4 is 5.91 Å². The second-order valence-electron chi connectivity index (χ2n) is 5.63. The molecule has 0 aliphatic heterocycles. The molecule has 1 aliphatic carbocycles. The minimum atomic E-state index is -0.302. The second kappa shape index (κ2) is 5.21. The van der Waals surface area contributed by atoms with Gasteiger partial charge in [-0.2, -0.15) is 0 Å². The van der Waals surface area contributed by atoms with Gasteiger partial charge in [0.05, 0.1) is 6.04 Å². The van der Waals surface area contributed by atoms with Crippen molar-refractivity contribution in [3.05, 3.63) is 29.8 Å². The van der Waals surface area contributed by atoms with Gasteiger partial charge in [0.2, 0.25) is 5.91 Å². The van der Waals surface area contributed by atoms with Crippen molar-refractivity contribution in [1.82, 2.24) is 4.90 Å². The fourth-order valence-corrected chi connectivity index (χ4v) is 2.50. The van der Waals surface area contributed by atoms with Gasteiger partial charge in [0.15, 0.2) is 0 Å². The molecule has 2 rings (SSSR count). The number of phenols is 1. The van der Waals surface area contributed by atoms with E-state index in [0.29, 0.717) is 6.42 Å². The van der Waals surface area contributed by atoms with Crippen LogP contribution in [-0.2, 0) is 4.79 Å². The topological polar surface area (TPSA) is 66.6 Å². The van der Waals surface area contributed by atoms with Crippen LogP contribution in [0.4, 0.5) is 0 Å². The number of hydrogen-bond donors (Lipinski definition) is 2. The summed E-state index contributed by atoms with van der Waals surface area (Å²) in [6.45, 7) is 1.91. The molecule has 0 heterocycles. The van der Waals surface area contributed by atoms with Gasteiger partial charge in [0, 0.05) is 24.6 Å². The monoisotopic (exact) mass is 262 g/mol. The van der Waals surface area contributed by atoms with Gasteiger partial charge in [-0.3, -0.25) is 4.79 Å². The summed E-state index contributed by atoms with van der Waals surface area (Å²) >= 11 is 0. The van der Waals surface area contributed by atoms with Gasteiger partial charge in [0.25, 0.3) is 0 Å². The van der Waals surface area contributed by atoms with Gasteiger partial charge < -0.3 is 15.7 Å². The van der Waals surface area contributed by atoms with Gasteiger partial charge in [-0.15, -0.1) is 0 Å². The Bertz CT molecular complexity index is 469. The fraction of sp³-hybridized carbons (Fsp3) is 0.533. The lowest BCUT2D eigenvalue weighted by Crippen LogP contribution is -2.50. The van der Waals surface area contributed by atoms with Gasteiger partial charge in [-0.1, -0.05) is 18.2 Å². The Labute approximate surface area is 114 Å². The van der Waals surface area contributed by atoms with E-state index in [1.54, 1.807) is 24.1 Å². The zero-order chi connectivity index (χ0) is 14.0. The van der Waals surface area contributed by atoms with Crippen LogP contribution in [0.25, 0.3) is 0 Å². The Morgan fingerprint density at radius 2 is 2.11 bits per heavy atom. The zero-order valence-corrected chi connectivity index (χ0v) is 11.6. The Hall–Kier alpha value is -1.55. The predicted molar refractivity (Wildman–Crippen MR) is 74.7 cm³/mol. The summed E-state index contributed by atoms with van der Waals surface area (Å²) < 4.78 is 0. The van der Waals surface area contributed by atoms with Crippen LogP contribution >= 0.6 is 0 Å². The van der Waals surface area contributed by atoms with Crippen LogP contribution in [-0.4, -0.2) is 28.5 Å². The first kappa shape index (κ1) is 13.9. The van der Waals surface area contributed by atoms with E-state index in [-0.39, 0.29) is 23.2 Å². The van der Waals surface area contributed by atoms with Crippen molar-refractivity contribution in [2.75, 3.05) is 7.05 Å². The van der Waals surface area contributed by atoms with Gasteiger partial charge in [-0.05, 0) is 32.3 Å². The highest BCUT2D eigenvalue weighted by atomic mass is 16.3. The average molecular weight is 262 g/mol. The van der Waals surface area contributed by atoms with Gasteiger partial charge in [-0.25, -0.2) is 0 Å². The number of amides is 1. The number of carbonyl (C=O) groups is 1. The SMILES string of the molecule is CC(c1ccccc1O)N(C)C(=O)CC1(N)CCC1. The molecule has 1 fully saturated rings. The number of nitrogens with two attached hydrogens (primary N) is 1. The van der Waals surface area contributed by atoms with E-state index in [1.807, 2.05) is 19.1 Å². The molecule has 19 heavy (non-hydrogen) atoms. The molecule has 1 aliphatic rings. The number of carbonyl (C=O) groups excluding carboxylic acids is 1. The van der Waals surface area contributed by atoms with Crippen LogP contribution in [0.1, 0.15) is 44.2 Å². The molecule has 1 atom stereocenters. The molecule has 0 spiro atoms. The average Bonchev–Trinajstić information content (AvgIpc) is 2.35. The minimum Gasteiger partial charge on any atom is -0.508 e. The van der Waals surface area contributed by atoms with Crippen LogP contribution < -0.4 is 5.73 Å². The summed E-state index contributed by atoms with van der Waals surface area (Å²) in [7, 11) is 1.77. The van der Waals surface area contributed by atoms with E-state index in [0.717, 1.165) is 24.8 Å². The normalized spacial score (nSPS) is 18.5. The molecule has 0 radical (unpaired) electrons. The Morgan fingerprint density at radius 1 is 1.47 bits per heavy atom. The molecule has 4 heteroatoms. The van der Waals surface area contributed by atoms with E-state index < -0.39 is 0 Å². The highest BCUT2D eigenvalue weighted by Crippen LogP contribution is 2.34. The molecule has 1 amide bonds. The van der Waals surface area contributed by atoms with Crippen molar-refractivity contribution in [3.63, 3.8) is 0 Å². The Kier molecular flexibility index (Phi) is 3.80. The predicted octanol–water partition coefficient (Wildman–Crippen LogP) is 2.18. The molecule has 4 nitrogen and oxygen atoms in total. The first-order valence-corrected chi connectivity index (χ1v) is 6.75. The van der Waals surface area contributed by atoms with Gasteiger partial charge >= 0.3 is 0 Å². The summed E-state index contributed by atoms with van der Waals surface area (Å²) in [6.07, 6.45) is 3.36. The Balaban J connectivity index is 2.04. The highest BCUT2D eigenvalue weighted by molar-refractivity contribution is 5.78. The van der Waals surface area contributed by atoms with E-state index >= 15 is 0 Å². The summed E-state index contributed by atoms with van der Waals surface area (Å²) in [5.41, 5.74) is 6.57. The summed E-state index contributed by atoms with van der Waals surface area (Å²) in [6, 6.07) is 6.96. The van der Waals surface area contributed by atoms with Crippen molar-refractivity contribution < 1.29 is 9.90 Å². The third-order valence-electron chi connectivity index (χ3n) is 4.21. The molecule has 0 saturated heterocycles. The van der Waals surface area contributed by atoms with Crippen molar-refractivity contribution in [3.8, 4) is 5.75 Å². The first-order valence-electron chi connectivity index (χ1n) is 6.75. The van der Waals surface area contributed by atoms with Crippen LogP contribution in [0.15, 0.2) is 24.3 Å². The third kappa shape index (κ3) is 2.89. The van der Waals surface area contributed by atoms with E-state index in [4.69, 9.17) is 5.73 Å². The maximum atomic E-state index is 12.2. The molecule has 1 saturated carbocycles. The standard InChI is InChI=1S/C15H22N2O2/c1-11(12-6-3-4-7-13(12)18)17(2)14(19)10-15(16)8-5-9-15/h3-4,6-7,11,18H,5,8-10,16H2,1-2H3. The first-order chi connectivity index (χ1) is 8.93. The number of benzene rings is 1. The largest absolute Gasteiger partial charge is 0.508 e. The molecule has 0 aromatic heterocycles. The molecule has 1 unspecified atom stereocenters. The van der Waals surface area contributed by atoms with Crippen LogP contribution in [0.5, 0.6) is 5.75 Å². The molecule has 104 valence electrons. The molecular formula is C15H22N2O2. The third-order valence-corrected chi connectivity index (χ3v) is 4.21. The maximum Gasteiger partial charge on any atom is 0.224 e. The summed E-state index contributed by atoms with van der Waals surface area (Å²) in [5.74, 6) is 0.263. The molecule has 1 aromatic rings. The molecular weight excluding hydrogens is 240 g/mol. The molecule has 0 bridgehead atoms. The number of rotatable bonds is 4. The minimum absolute atomic E-state index is 0.0398. The highest BCUT2D eigenvalue weighted by Gasteiger charge is 2.36. The fourth-order valence-electron chi connectivity index (χ4n) is 2.50. The number of nitrogens with zero attached hydrogens (tertiary/aromatic N) is 1. The van der Waals surface area contributed by atoms with Crippen molar-refractivity contribution in [2.24, 2.45) is 5.73 Å². The Morgan fingerprint density at radius 3 is 2.63 bits per heavy atom.